The fourth-order valence-electron chi connectivity index (χ4n) is 3.46. The van der Waals surface area contributed by atoms with E-state index in [0.717, 1.165) is 25.3 Å². The smallest absolute Gasteiger partial charge is 0.220 e. The number of carbonyl (C=O) groups is 1. The molecule has 0 aromatic rings. The molecule has 0 radical (unpaired) electrons. The van der Waals surface area contributed by atoms with E-state index in [1.807, 2.05) is 0 Å². The van der Waals surface area contributed by atoms with Crippen LogP contribution in [0.3, 0.4) is 0 Å². The summed E-state index contributed by atoms with van der Waals surface area (Å²) in [7, 11) is 0. The van der Waals surface area contributed by atoms with Crippen molar-refractivity contribution >= 4 is 5.91 Å². The molecule has 2 fully saturated rings. The molecule has 1 N–H and O–H groups in total. The van der Waals surface area contributed by atoms with Crippen molar-refractivity contribution in [3.8, 4) is 0 Å². The van der Waals surface area contributed by atoms with Crippen molar-refractivity contribution in [3.63, 3.8) is 0 Å². The summed E-state index contributed by atoms with van der Waals surface area (Å²) < 4.78 is 0. The molecule has 2 aliphatic rings. The summed E-state index contributed by atoms with van der Waals surface area (Å²) in [5.74, 6) is 1.92. The van der Waals surface area contributed by atoms with Gasteiger partial charge in [-0.05, 0) is 55.8 Å². The first-order valence-electron chi connectivity index (χ1n) is 6.86. The van der Waals surface area contributed by atoms with Crippen LogP contribution < -0.4 is 5.32 Å². The van der Waals surface area contributed by atoms with Gasteiger partial charge in [0.1, 0.15) is 0 Å². The van der Waals surface area contributed by atoms with Crippen molar-refractivity contribution in [2.24, 2.45) is 17.3 Å². The van der Waals surface area contributed by atoms with E-state index >= 15 is 0 Å². The summed E-state index contributed by atoms with van der Waals surface area (Å²) in [6.45, 7) is 5.25. The van der Waals surface area contributed by atoms with Gasteiger partial charge in [-0.25, -0.2) is 0 Å². The molecular formula is C14H25NO. The van der Waals surface area contributed by atoms with Crippen LogP contribution in [0.5, 0.6) is 0 Å². The van der Waals surface area contributed by atoms with Crippen molar-refractivity contribution in [1.29, 1.82) is 0 Å². The molecule has 2 nitrogen and oxygen atoms in total. The Kier molecular flexibility index (Phi) is 3.56. The van der Waals surface area contributed by atoms with Gasteiger partial charge >= 0.3 is 0 Å². The first-order valence-corrected chi connectivity index (χ1v) is 6.86. The Labute approximate surface area is 99.2 Å². The van der Waals surface area contributed by atoms with Crippen molar-refractivity contribution in [3.05, 3.63) is 0 Å². The average molecular weight is 223 g/mol. The summed E-state index contributed by atoms with van der Waals surface area (Å²) in [6, 6.07) is 0. The molecule has 2 rings (SSSR count). The fourth-order valence-corrected chi connectivity index (χ4v) is 3.46. The largest absolute Gasteiger partial charge is 0.356 e. The number of hydrogen-bond acceptors (Lipinski definition) is 1. The van der Waals surface area contributed by atoms with Crippen molar-refractivity contribution < 1.29 is 4.79 Å². The zero-order valence-electron chi connectivity index (χ0n) is 10.7. The first-order chi connectivity index (χ1) is 7.60. The molecular weight excluding hydrogens is 198 g/mol. The Balaban J connectivity index is 1.71. The normalized spacial score (nSPS) is 32.3. The molecule has 0 aromatic heterocycles. The molecule has 2 bridgehead atoms. The predicted octanol–water partition coefficient (Wildman–Crippen LogP) is 3.12. The summed E-state index contributed by atoms with van der Waals surface area (Å²) in [6.07, 6.45) is 8.57. The minimum absolute atomic E-state index is 0.295. The van der Waals surface area contributed by atoms with E-state index in [4.69, 9.17) is 0 Å². The second-order valence-corrected chi connectivity index (χ2v) is 6.36. The maximum absolute atomic E-state index is 11.9. The third-order valence-electron chi connectivity index (χ3n) is 4.47. The zero-order chi connectivity index (χ0) is 11.6. The van der Waals surface area contributed by atoms with E-state index in [-0.39, 0.29) is 0 Å². The van der Waals surface area contributed by atoms with Gasteiger partial charge in [-0.1, -0.05) is 13.8 Å². The van der Waals surface area contributed by atoms with Gasteiger partial charge in [0.2, 0.25) is 5.91 Å². The van der Waals surface area contributed by atoms with Crippen LogP contribution in [0.25, 0.3) is 0 Å². The van der Waals surface area contributed by atoms with Crippen molar-refractivity contribution in [2.75, 3.05) is 6.54 Å². The number of carbonyl (C=O) groups excluding carboxylic acids is 1. The van der Waals surface area contributed by atoms with Crippen molar-refractivity contribution in [2.45, 2.75) is 58.8 Å². The van der Waals surface area contributed by atoms with Gasteiger partial charge in [0, 0.05) is 13.0 Å². The summed E-state index contributed by atoms with van der Waals surface area (Å²) in [5.41, 5.74) is 0.409. The topological polar surface area (TPSA) is 29.1 Å². The maximum atomic E-state index is 11.9. The Morgan fingerprint density at radius 3 is 2.56 bits per heavy atom. The molecule has 0 unspecified atom stereocenters. The van der Waals surface area contributed by atoms with Crippen LogP contribution in [0.4, 0.5) is 0 Å². The van der Waals surface area contributed by atoms with Crippen LogP contribution in [-0.2, 0) is 4.79 Å². The van der Waals surface area contributed by atoms with E-state index in [1.54, 1.807) is 0 Å². The average Bonchev–Trinajstić information content (AvgIpc) is 2.76. The highest BCUT2D eigenvalue weighted by Crippen LogP contribution is 2.55. The quantitative estimate of drug-likeness (QED) is 0.762. The van der Waals surface area contributed by atoms with Crippen molar-refractivity contribution in [1.82, 2.24) is 5.32 Å². The lowest BCUT2D eigenvalue weighted by Gasteiger charge is -2.25. The molecule has 2 saturated carbocycles. The van der Waals surface area contributed by atoms with E-state index in [1.165, 1.54) is 32.1 Å². The predicted molar refractivity (Wildman–Crippen MR) is 66.1 cm³/mol. The third-order valence-corrected chi connectivity index (χ3v) is 4.47. The third kappa shape index (κ3) is 2.78. The van der Waals surface area contributed by atoms with E-state index in [9.17, 15) is 4.79 Å². The lowest BCUT2D eigenvalue weighted by Crippen LogP contribution is -2.30. The minimum atomic E-state index is 0.295. The lowest BCUT2D eigenvalue weighted by atomic mass is 9.81. The van der Waals surface area contributed by atoms with Gasteiger partial charge in [0.15, 0.2) is 0 Å². The van der Waals surface area contributed by atoms with Crippen LogP contribution in [0.2, 0.25) is 0 Å². The number of hydrogen-bond donors (Lipinski definition) is 1. The molecule has 16 heavy (non-hydrogen) atoms. The molecule has 2 aliphatic carbocycles. The molecule has 0 spiro atoms. The van der Waals surface area contributed by atoms with Gasteiger partial charge in [-0.15, -0.1) is 0 Å². The standard InChI is InChI=1S/C14H25NO/c1-11(2)5-8-15-13(16)10-14-6-3-12(9-14)4-7-14/h11-12H,3-10H2,1-2H3,(H,15,16). The van der Waals surface area contributed by atoms with E-state index < -0.39 is 0 Å². The number of nitrogens with one attached hydrogen (secondary N) is 1. The Hall–Kier alpha value is -0.530. The maximum Gasteiger partial charge on any atom is 0.220 e. The molecule has 1 amide bonds. The molecule has 92 valence electrons. The molecule has 2 heteroatoms. The zero-order valence-corrected chi connectivity index (χ0v) is 10.7. The Morgan fingerprint density at radius 2 is 2.06 bits per heavy atom. The second-order valence-electron chi connectivity index (χ2n) is 6.36. The Bertz CT molecular complexity index is 251. The van der Waals surface area contributed by atoms with Gasteiger partial charge in [-0.2, -0.15) is 0 Å². The van der Waals surface area contributed by atoms with Crippen LogP contribution in [-0.4, -0.2) is 12.5 Å². The fraction of sp³-hybridized carbons (Fsp3) is 0.929. The minimum Gasteiger partial charge on any atom is -0.356 e. The van der Waals surface area contributed by atoms with Gasteiger partial charge in [0.05, 0.1) is 0 Å². The Morgan fingerprint density at radius 1 is 1.38 bits per heavy atom. The number of amides is 1. The molecule has 0 heterocycles. The molecule has 0 saturated heterocycles. The van der Waals surface area contributed by atoms with E-state index in [2.05, 4.69) is 19.2 Å². The van der Waals surface area contributed by atoms with Gasteiger partial charge in [-0.3, -0.25) is 4.79 Å². The van der Waals surface area contributed by atoms with Crippen LogP contribution in [0.15, 0.2) is 0 Å². The highest BCUT2D eigenvalue weighted by Gasteiger charge is 2.45. The summed E-state index contributed by atoms with van der Waals surface area (Å²) >= 11 is 0. The lowest BCUT2D eigenvalue weighted by molar-refractivity contribution is -0.123. The molecule has 0 aromatic carbocycles. The number of fused-ring (bicyclic) bond motifs is 2. The van der Waals surface area contributed by atoms with Crippen LogP contribution in [0.1, 0.15) is 58.8 Å². The summed E-state index contributed by atoms with van der Waals surface area (Å²) in [5, 5.41) is 3.08. The van der Waals surface area contributed by atoms with E-state index in [0.29, 0.717) is 17.2 Å². The second kappa shape index (κ2) is 4.77. The van der Waals surface area contributed by atoms with Crippen LogP contribution >= 0.6 is 0 Å². The monoisotopic (exact) mass is 223 g/mol. The molecule has 0 aliphatic heterocycles. The SMILES string of the molecule is CC(C)CCNC(=O)CC12CCC(CC1)C2. The van der Waals surface area contributed by atoms with Gasteiger partial charge in [0.25, 0.3) is 0 Å². The first kappa shape index (κ1) is 11.9. The van der Waals surface area contributed by atoms with Crippen LogP contribution in [0, 0.1) is 17.3 Å². The molecule has 0 atom stereocenters. The highest BCUT2D eigenvalue weighted by molar-refractivity contribution is 5.76. The highest BCUT2D eigenvalue weighted by atomic mass is 16.1. The summed E-state index contributed by atoms with van der Waals surface area (Å²) in [4.78, 5) is 11.9. The number of rotatable bonds is 5. The van der Waals surface area contributed by atoms with Gasteiger partial charge < -0.3 is 5.32 Å².